The zero-order valence-corrected chi connectivity index (χ0v) is 6.48. The number of hydrogen-bond acceptors (Lipinski definition) is 0. The summed E-state index contributed by atoms with van der Waals surface area (Å²) >= 11 is 0. The Morgan fingerprint density at radius 3 is 2.78 bits per heavy atom. The summed E-state index contributed by atoms with van der Waals surface area (Å²) in [7, 11) is 0. The molecule has 0 aromatic rings. The van der Waals surface area contributed by atoms with Crippen molar-refractivity contribution in [3.63, 3.8) is 0 Å². The Morgan fingerprint density at radius 2 is 2.44 bits per heavy atom. The first-order valence-electron chi connectivity index (χ1n) is 4.00. The molecular weight excluding hydrogens is 108 g/mol. The van der Waals surface area contributed by atoms with Gasteiger partial charge in [0.25, 0.3) is 0 Å². The van der Waals surface area contributed by atoms with Crippen LogP contribution in [0.25, 0.3) is 0 Å². The van der Waals surface area contributed by atoms with Gasteiger partial charge in [0.15, 0.2) is 0 Å². The minimum Gasteiger partial charge on any atom is -0.0884 e. The monoisotopic (exact) mass is 124 g/mol. The highest BCUT2D eigenvalue weighted by molar-refractivity contribution is 5.06. The SMILES string of the molecule is C/C=C1\CC[C@H](CC)C1. The summed E-state index contributed by atoms with van der Waals surface area (Å²) < 4.78 is 0. The molecule has 0 amide bonds. The van der Waals surface area contributed by atoms with Crippen LogP contribution in [-0.4, -0.2) is 0 Å². The number of hydrogen-bond donors (Lipinski definition) is 0. The average Bonchev–Trinajstić information content (AvgIpc) is 2.34. The minimum absolute atomic E-state index is 1.01. The average molecular weight is 124 g/mol. The summed E-state index contributed by atoms with van der Waals surface area (Å²) in [6.45, 7) is 4.46. The van der Waals surface area contributed by atoms with Crippen molar-refractivity contribution in [3.8, 4) is 0 Å². The van der Waals surface area contributed by atoms with Crippen molar-refractivity contribution in [2.24, 2.45) is 5.92 Å². The van der Waals surface area contributed by atoms with Gasteiger partial charge in [-0.1, -0.05) is 25.0 Å². The first kappa shape index (κ1) is 6.85. The molecule has 0 unspecified atom stereocenters. The maximum atomic E-state index is 2.29. The van der Waals surface area contributed by atoms with Crippen molar-refractivity contribution >= 4 is 0 Å². The fourth-order valence-corrected chi connectivity index (χ4v) is 1.58. The predicted molar refractivity (Wildman–Crippen MR) is 41.4 cm³/mol. The molecule has 0 nitrogen and oxygen atoms in total. The Labute approximate surface area is 58.0 Å². The van der Waals surface area contributed by atoms with Gasteiger partial charge in [-0.15, -0.1) is 0 Å². The topological polar surface area (TPSA) is 0 Å². The second kappa shape index (κ2) is 3.05. The van der Waals surface area contributed by atoms with Crippen molar-refractivity contribution in [1.82, 2.24) is 0 Å². The van der Waals surface area contributed by atoms with Crippen LogP contribution in [0.4, 0.5) is 0 Å². The molecule has 0 heterocycles. The molecule has 0 N–H and O–H groups in total. The third-order valence-corrected chi connectivity index (χ3v) is 2.41. The second-order valence-electron chi connectivity index (χ2n) is 2.96. The van der Waals surface area contributed by atoms with Crippen LogP contribution < -0.4 is 0 Å². The molecule has 52 valence electrons. The summed E-state index contributed by atoms with van der Waals surface area (Å²) in [6, 6.07) is 0. The number of allylic oxidation sites excluding steroid dienone is 2. The van der Waals surface area contributed by atoms with E-state index in [0.717, 1.165) is 5.92 Å². The normalized spacial score (nSPS) is 31.8. The summed E-state index contributed by atoms with van der Waals surface area (Å²) in [5, 5.41) is 0. The van der Waals surface area contributed by atoms with Gasteiger partial charge in [0, 0.05) is 0 Å². The zero-order chi connectivity index (χ0) is 6.69. The lowest BCUT2D eigenvalue weighted by Gasteiger charge is -2.00. The van der Waals surface area contributed by atoms with E-state index in [1.54, 1.807) is 5.57 Å². The summed E-state index contributed by atoms with van der Waals surface area (Å²) in [6.07, 6.45) is 7.85. The summed E-state index contributed by atoms with van der Waals surface area (Å²) in [5.74, 6) is 1.01. The third-order valence-electron chi connectivity index (χ3n) is 2.41. The van der Waals surface area contributed by atoms with Gasteiger partial charge in [0.2, 0.25) is 0 Å². The highest BCUT2D eigenvalue weighted by Crippen LogP contribution is 2.31. The molecule has 0 heteroatoms. The molecule has 9 heavy (non-hydrogen) atoms. The molecule has 0 bridgehead atoms. The lowest BCUT2D eigenvalue weighted by molar-refractivity contribution is 0.537. The van der Waals surface area contributed by atoms with Crippen LogP contribution in [-0.2, 0) is 0 Å². The van der Waals surface area contributed by atoms with E-state index in [-0.39, 0.29) is 0 Å². The fourth-order valence-electron chi connectivity index (χ4n) is 1.58. The van der Waals surface area contributed by atoms with Gasteiger partial charge in [-0.2, -0.15) is 0 Å². The molecule has 1 aliphatic carbocycles. The van der Waals surface area contributed by atoms with Crippen LogP contribution in [0.2, 0.25) is 0 Å². The second-order valence-corrected chi connectivity index (χ2v) is 2.96. The van der Waals surface area contributed by atoms with Gasteiger partial charge in [-0.3, -0.25) is 0 Å². The maximum Gasteiger partial charge on any atom is -0.0292 e. The minimum atomic E-state index is 1.01. The highest BCUT2D eigenvalue weighted by atomic mass is 14.2. The van der Waals surface area contributed by atoms with Gasteiger partial charge in [-0.05, 0) is 32.1 Å². The van der Waals surface area contributed by atoms with Crippen molar-refractivity contribution in [2.75, 3.05) is 0 Å². The first-order valence-corrected chi connectivity index (χ1v) is 4.00. The van der Waals surface area contributed by atoms with Gasteiger partial charge >= 0.3 is 0 Å². The lowest BCUT2D eigenvalue weighted by atomic mass is 10.1. The molecule has 1 aliphatic rings. The molecule has 0 saturated heterocycles. The first-order chi connectivity index (χ1) is 4.36. The Bertz CT molecular complexity index is 111. The van der Waals surface area contributed by atoms with Gasteiger partial charge in [0.1, 0.15) is 0 Å². The Morgan fingerprint density at radius 1 is 1.67 bits per heavy atom. The van der Waals surface area contributed by atoms with Crippen molar-refractivity contribution in [3.05, 3.63) is 11.6 Å². The van der Waals surface area contributed by atoms with E-state index < -0.39 is 0 Å². The molecule has 0 aromatic carbocycles. The molecule has 1 atom stereocenters. The van der Waals surface area contributed by atoms with Crippen molar-refractivity contribution in [2.45, 2.75) is 39.5 Å². The van der Waals surface area contributed by atoms with Gasteiger partial charge in [-0.25, -0.2) is 0 Å². The Hall–Kier alpha value is -0.260. The number of rotatable bonds is 1. The maximum absolute atomic E-state index is 2.29. The molecule has 1 rings (SSSR count). The van der Waals surface area contributed by atoms with Crippen LogP contribution in [0.1, 0.15) is 39.5 Å². The van der Waals surface area contributed by atoms with E-state index >= 15 is 0 Å². The van der Waals surface area contributed by atoms with Crippen LogP contribution in [0.15, 0.2) is 11.6 Å². The van der Waals surface area contributed by atoms with E-state index in [9.17, 15) is 0 Å². The van der Waals surface area contributed by atoms with Crippen LogP contribution >= 0.6 is 0 Å². The standard InChI is InChI=1S/C9H16/c1-3-8-5-6-9(4-2)7-8/h3,9H,4-7H2,1-2H3/b8-3+/t9-/m0/s1. The molecule has 0 aliphatic heterocycles. The molecule has 1 fully saturated rings. The van der Waals surface area contributed by atoms with Crippen LogP contribution in [0, 0.1) is 5.92 Å². The molecule has 0 aromatic heterocycles. The fraction of sp³-hybridized carbons (Fsp3) is 0.778. The van der Waals surface area contributed by atoms with E-state index in [2.05, 4.69) is 19.9 Å². The Kier molecular flexibility index (Phi) is 2.32. The predicted octanol–water partition coefficient (Wildman–Crippen LogP) is 3.14. The van der Waals surface area contributed by atoms with Crippen LogP contribution in [0.3, 0.4) is 0 Å². The van der Waals surface area contributed by atoms with Crippen molar-refractivity contribution < 1.29 is 0 Å². The highest BCUT2D eigenvalue weighted by Gasteiger charge is 2.15. The van der Waals surface area contributed by atoms with Gasteiger partial charge < -0.3 is 0 Å². The van der Waals surface area contributed by atoms with E-state index in [1.807, 2.05) is 0 Å². The molecular formula is C9H16. The zero-order valence-electron chi connectivity index (χ0n) is 6.48. The Balaban J connectivity index is 2.38. The molecule has 0 spiro atoms. The lowest BCUT2D eigenvalue weighted by Crippen LogP contribution is -1.87. The largest absolute Gasteiger partial charge is 0.0884 e. The smallest absolute Gasteiger partial charge is 0.0292 e. The quantitative estimate of drug-likeness (QED) is 0.471. The summed E-state index contributed by atoms with van der Waals surface area (Å²) in [4.78, 5) is 0. The van der Waals surface area contributed by atoms with E-state index in [1.165, 1.54) is 25.7 Å². The third kappa shape index (κ3) is 1.57. The molecule has 0 radical (unpaired) electrons. The van der Waals surface area contributed by atoms with Crippen molar-refractivity contribution in [1.29, 1.82) is 0 Å². The van der Waals surface area contributed by atoms with E-state index in [0.29, 0.717) is 0 Å². The van der Waals surface area contributed by atoms with Crippen LogP contribution in [0.5, 0.6) is 0 Å². The molecule has 1 saturated carbocycles. The van der Waals surface area contributed by atoms with E-state index in [4.69, 9.17) is 0 Å². The summed E-state index contributed by atoms with van der Waals surface area (Å²) in [5.41, 5.74) is 1.68. The van der Waals surface area contributed by atoms with Gasteiger partial charge in [0.05, 0.1) is 0 Å².